The van der Waals surface area contributed by atoms with Crippen molar-refractivity contribution >= 4 is 33.0 Å². The molecule has 2 aromatic heterocycles. The first-order chi connectivity index (χ1) is 8.72. The van der Waals surface area contributed by atoms with E-state index in [4.69, 9.17) is 0 Å². The highest BCUT2D eigenvalue weighted by molar-refractivity contribution is 9.10. The van der Waals surface area contributed by atoms with Gasteiger partial charge in [0.15, 0.2) is 0 Å². The lowest BCUT2D eigenvalue weighted by atomic mass is 10.4. The zero-order valence-corrected chi connectivity index (χ0v) is 12.3. The van der Waals surface area contributed by atoms with Crippen molar-refractivity contribution in [2.75, 3.05) is 11.9 Å². The quantitative estimate of drug-likeness (QED) is 0.913. The highest BCUT2D eigenvalue weighted by atomic mass is 79.9. The second-order valence-corrected chi connectivity index (χ2v) is 5.37. The van der Waals surface area contributed by atoms with Crippen LogP contribution in [0, 0.1) is 0 Å². The van der Waals surface area contributed by atoms with Gasteiger partial charge in [-0.25, -0.2) is 9.67 Å². The Morgan fingerprint density at radius 1 is 1.56 bits per heavy atom. The molecule has 0 unspecified atom stereocenters. The van der Waals surface area contributed by atoms with Gasteiger partial charge in [0.2, 0.25) is 0 Å². The van der Waals surface area contributed by atoms with Gasteiger partial charge in [-0.1, -0.05) is 0 Å². The monoisotopic (exact) mass is 328 g/mol. The topological polar surface area (TPSA) is 59.8 Å². The maximum atomic E-state index is 11.8. The fraction of sp³-hybridized carbons (Fsp3) is 0.364. The molecule has 0 aromatic carbocycles. The maximum absolute atomic E-state index is 11.8. The summed E-state index contributed by atoms with van der Waals surface area (Å²) in [7, 11) is 0. The van der Waals surface area contributed by atoms with E-state index in [9.17, 15) is 4.79 Å². The van der Waals surface area contributed by atoms with Gasteiger partial charge in [-0.2, -0.15) is 5.10 Å². The Labute approximate surface area is 117 Å². The van der Waals surface area contributed by atoms with E-state index in [0.717, 1.165) is 23.7 Å². The van der Waals surface area contributed by atoms with Crippen molar-refractivity contribution in [3.05, 3.63) is 37.6 Å². The fourth-order valence-electron chi connectivity index (χ4n) is 1.49. The Hall–Kier alpha value is -1.21. The van der Waals surface area contributed by atoms with Crippen molar-refractivity contribution in [3.63, 3.8) is 0 Å². The van der Waals surface area contributed by atoms with Crippen LogP contribution in [0.4, 0.5) is 5.69 Å². The zero-order valence-electron chi connectivity index (χ0n) is 9.89. The van der Waals surface area contributed by atoms with Gasteiger partial charge >= 0.3 is 0 Å². The third-order valence-corrected chi connectivity index (χ3v) is 4.03. The van der Waals surface area contributed by atoms with Gasteiger partial charge in [0.1, 0.15) is 4.47 Å². The average molecular weight is 329 g/mol. The van der Waals surface area contributed by atoms with Crippen LogP contribution in [0.2, 0.25) is 0 Å². The lowest BCUT2D eigenvalue weighted by Gasteiger charge is -2.08. The van der Waals surface area contributed by atoms with Crippen molar-refractivity contribution in [3.8, 4) is 0 Å². The summed E-state index contributed by atoms with van der Waals surface area (Å²) in [6.07, 6.45) is 4.29. The number of aromatic nitrogens is 3. The Morgan fingerprint density at radius 3 is 3.06 bits per heavy atom. The normalized spacial score (nSPS) is 10.6. The molecule has 0 fully saturated rings. The van der Waals surface area contributed by atoms with E-state index in [0.29, 0.717) is 11.0 Å². The third kappa shape index (κ3) is 2.97. The molecule has 0 radical (unpaired) electrons. The first kappa shape index (κ1) is 13.2. The molecule has 0 bridgehead atoms. The van der Waals surface area contributed by atoms with Crippen molar-refractivity contribution in [2.45, 2.75) is 19.9 Å². The highest BCUT2D eigenvalue weighted by Crippen LogP contribution is 2.16. The van der Waals surface area contributed by atoms with Gasteiger partial charge in [0.25, 0.3) is 5.56 Å². The molecule has 0 saturated carbocycles. The second kappa shape index (κ2) is 6.10. The van der Waals surface area contributed by atoms with Gasteiger partial charge in [-0.15, -0.1) is 11.3 Å². The molecule has 5 nitrogen and oxygen atoms in total. The SMILES string of the molecule is CCn1ncc(NCCc2nccs2)c(Br)c1=O. The minimum absolute atomic E-state index is 0.114. The van der Waals surface area contributed by atoms with E-state index in [2.05, 4.69) is 31.3 Å². The Kier molecular flexibility index (Phi) is 4.48. The molecule has 0 aliphatic carbocycles. The lowest BCUT2D eigenvalue weighted by molar-refractivity contribution is 0.613. The molecule has 2 heterocycles. The Morgan fingerprint density at radius 2 is 2.39 bits per heavy atom. The summed E-state index contributed by atoms with van der Waals surface area (Å²) in [6, 6.07) is 0. The largest absolute Gasteiger partial charge is 0.382 e. The van der Waals surface area contributed by atoms with Crippen molar-refractivity contribution in [1.82, 2.24) is 14.8 Å². The number of hydrogen-bond donors (Lipinski definition) is 1. The zero-order chi connectivity index (χ0) is 13.0. The molecule has 96 valence electrons. The maximum Gasteiger partial charge on any atom is 0.283 e. The highest BCUT2D eigenvalue weighted by Gasteiger charge is 2.07. The summed E-state index contributed by atoms with van der Waals surface area (Å²) in [5.41, 5.74) is 0.609. The first-order valence-corrected chi connectivity index (χ1v) is 7.27. The molecule has 0 saturated heterocycles. The van der Waals surface area contributed by atoms with Crippen LogP contribution in [-0.2, 0) is 13.0 Å². The van der Waals surface area contributed by atoms with E-state index in [1.54, 1.807) is 23.7 Å². The molecule has 0 aliphatic rings. The molecule has 0 aliphatic heterocycles. The van der Waals surface area contributed by atoms with E-state index in [1.165, 1.54) is 4.68 Å². The number of nitrogens with one attached hydrogen (secondary N) is 1. The molecule has 2 aromatic rings. The lowest BCUT2D eigenvalue weighted by Crippen LogP contribution is -2.23. The standard InChI is InChI=1S/C11H13BrN4OS/c1-2-16-11(17)10(12)8(7-15-16)13-4-3-9-14-5-6-18-9/h5-7,13H,2-4H2,1H3. The number of hydrogen-bond acceptors (Lipinski definition) is 5. The van der Waals surface area contributed by atoms with Crippen LogP contribution in [0.1, 0.15) is 11.9 Å². The molecular weight excluding hydrogens is 316 g/mol. The van der Waals surface area contributed by atoms with Crippen LogP contribution in [0.3, 0.4) is 0 Å². The first-order valence-electron chi connectivity index (χ1n) is 5.60. The predicted molar refractivity (Wildman–Crippen MR) is 76.2 cm³/mol. The van der Waals surface area contributed by atoms with Crippen LogP contribution in [0.25, 0.3) is 0 Å². The molecular formula is C11H13BrN4OS. The van der Waals surface area contributed by atoms with Gasteiger partial charge in [-0.05, 0) is 22.9 Å². The van der Waals surface area contributed by atoms with Gasteiger partial charge in [-0.3, -0.25) is 4.79 Å². The number of halogens is 1. The number of rotatable bonds is 5. The predicted octanol–water partition coefficient (Wildman–Crippen LogP) is 2.14. The third-order valence-electron chi connectivity index (χ3n) is 2.42. The van der Waals surface area contributed by atoms with Crippen LogP contribution in [0.5, 0.6) is 0 Å². The van der Waals surface area contributed by atoms with Crippen molar-refractivity contribution < 1.29 is 0 Å². The number of thiazole rings is 1. The van der Waals surface area contributed by atoms with E-state index in [1.807, 2.05) is 12.3 Å². The summed E-state index contributed by atoms with van der Waals surface area (Å²) >= 11 is 4.93. The minimum Gasteiger partial charge on any atom is -0.382 e. The molecule has 7 heteroatoms. The van der Waals surface area contributed by atoms with Gasteiger partial charge in [0, 0.05) is 31.1 Å². The van der Waals surface area contributed by atoms with Crippen LogP contribution < -0.4 is 10.9 Å². The fourth-order valence-corrected chi connectivity index (χ4v) is 2.56. The second-order valence-electron chi connectivity index (χ2n) is 3.60. The Balaban J connectivity index is 2.02. The van der Waals surface area contributed by atoms with Crippen LogP contribution in [-0.4, -0.2) is 21.3 Å². The van der Waals surface area contributed by atoms with Crippen molar-refractivity contribution in [2.24, 2.45) is 0 Å². The van der Waals surface area contributed by atoms with Crippen molar-refractivity contribution in [1.29, 1.82) is 0 Å². The van der Waals surface area contributed by atoms with E-state index >= 15 is 0 Å². The number of aryl methyl sites for hydroxylation is 1. The summed E-state index contributed by atoms with van der Waals surface area (Å²) < 4.78 is 1.94. The minimum atomic E-state index is -0.114. The molecule has 0 spiro atoms. The van der Waals surface area contributed by atoms with Crippen LogP contribution in [0.15, 0.2) is 27.0 Å². The summed E-state index contributed by atoms with van der Waals surface area (Å²) in [5.74, 6) is 0. The molecule has 1 N–H and O–H groups in total. The summed E-state index contributed by atoms with van der Waals surface area (Å²) in [6.45, 7) is 3.18. The number of nitrogens with zero attached hydrogens (tertiary/aromatic N) is 3. The van der Waals surface area contributed by atoms with Gasteiger partial charge in [0.05, 0.1) is 16.9 Å². The average Bonchev–Trinajstić information content (AvgIpc) is 2.88. The number of anilines is 1. The van der Waals surface area contributed by atoms with E-state index in [-0.39, 0.29) is 5.56 Å². The summed E-state index contributed by atoms with van der Waals surface area (Å²) in [4.78, 5) is 16.0. The molecule has 2 rings (SSSR count). The Bertz CT molecular complexity index is 567. The van der Waals surface area contributed by atoms with Crippen LogP contribution >= 0.6 is 27.3 Å². The smallest absolute Gasteiger partial charge is 0.283 e. The molecule has 0 atom stereocenters. The van der Waals surface area contributed by atoms with Gasteiger partial charge < -0.3 is 5.32 Å². The van der Waals surface area contributed by atoms with E-state index < -0.39 is 0 Å². The molecule has 0 amide bonds. The summed E-state index contributed by atoms with van der Waals surface area (Å²) in [5, 5.41) is 10.3. The molecule has 18 heavy (non-hydrogen) atoms.